The second-order valence-corrected chi connectivity index (χ2v) is 8.13. The predicted octanol–water partition coefficient (Wildman–Crippen LogP) is 2.10. The molecule has 0 spiro atoms. The minimum Gasteiger partial charge on any atom is -0.314 e. The van der Waals surface area contributed by atoms with Crippen molar-refractivity contribution in [1.82, 2.24) is 20.9 Å². The van der Waals surface area contributed by atoms with Gasteiger partial charge in [0.05, 0.1) is 0 Å². The lowest BCUT2D eigenvalue weighted by atomic mass is 9.93. The van der Waals surface area contributed by atoms with Crippen molar-refractivity contribution in [2.75, 3.05) is 32.7 Å². The zero-order valence-corrected chi connectivity index (χ0v) is 15.5. The van der Waals surface area contributed by atoms with Gasteiger partial charge in [0.15, 0.2) is 0 Å². The molecule has 0 radical (unpaired) electrons. The fourth-order valence-corrected chi connectivity index (χ4v) is 4.94. The minimum absolute atomic E-state index is 0.705. The molecule has 1 aromatic carbocycles. The SMILES string of the molecule is c1cc(CN2CCNCC2)ccc1CNC1CCCC1C1CCCN1. The summed E-state index contributed by atoms with van der Waals surface area (Å²) in [7, 11) is 0. The Hall–Kier alpha value is -0.940. The molecule has 4 heteroatoms. The van der Waals surface area contributed by atoms with Crippen LogP contribution < -0.4 is 16.0 Å². The van der Waals surface area contributed by atoms with Gasteiger partial charge in [0.2, 0.25) is 0 Å². The third-order valence-corrected chi connectivity index (χ3v) is 6.39. The Morgan fingerprint density at radius 3 is 2.48 bits per heavy atom. The largest absolute Gasteiger partial charge is 0.314 e. The number of piperazine rings is 1. The van der Waals surface area contributed by atoms with Gasteiger partial charge in [0.1, 0.15) is 0 Å². The van der Waals surface area contributed by atoms with E-state index in [1.165, 1.54) is 62.9 Å². The molecule has 25 heavy (non-hydrogen) atoms. The molecule has 1 aliphatic carbocycles. The molecule has 1 aromatic rings. The molecular formula is C21H34N4. The van der Waals surface area contributed by atoms with Crippen LogP contribution in [0.25, 0.3) is 0 Å². The summed E-state index contributed by atoms with van der Waals surface area (Å²) >= 11 is 0. The highest BCUT2D eigenvalue weighted by Gasteiger charge is 2.34. The van der Waals surface area contributed by atoms with Crippen molar-refractivity contribution >= 4 is 0 Å². The van der Waals surface area contributed by atoms with Gasteiger partial charge in [-0.25, -0.2) is 0 Å². The monoisotopic (exact) mass is 342 g/mol. The van der Waals surface area contributed by atoms with Gasteiger partial charge in [-0.15, -0.1) is 0 Å². The minimum atomic E-state index is 0.705. The normalized spacial score (nSPS) is 30.8. The summed E-state index contributed by atoms with van der Waals surface area (Å²) < 4.78 is 0. The molecule has 3 N–H and O–H groups in total. The van der Waals surface area contributed by atoms with E-state index >= 15 is 0 Å². The first-order chi connectivity index (χ1) is 12.4. The van der Waals surface area contributed by atoms with E-state index in [9.17, 15) is 0 Å². The maximum Gasteiger partial charge on any atom is 0.0234 e. The molecule has 2 aliphatic heterocycles. The van der Waals surface area contributed by atoms with Crippen LogP contribution in [-0.4, -0.2) is 49.7 Å². The highest BCUT2D eigenvalue weighted by Crippen LogP contribution is 2.32. The van der Waals surface area contributed by atoms with Crippen LogP contribution in [0.4, 0.5) is 0 Å². The standard InChI is InChI=1S/C21H34N4/c1-3-19(20-5-2-10-23-20)21(4-1)24-15-17-6-8-18(9-7-17)16-25-13-11-22-12-14-25/h6-9,19-24H,1-5,10-16H2. The summed E-state index contributed by atoms with van der Waals surface area (Å²) in [4.78, 5) is 2.54. The van der Waals surface area contributed by atoms with Crippen molar-refractivity contribution in [2.45, 2.75) is 57.3 Å². The maximum absolute atomic E-state index is 3.87. The number of benzene rings is 1. The first kappa shape index (κ1) is 17.5. The third-order valence-electron chi connectivity index (χ3n) is 6.39. The summed E-state index contributed by atoms with van der Waals surface area (Å²) in [5.74, 6) is 0.842. The van der Waals surface area contributed by atoms with Crippen LogP contribution in [0.2, 0.25) is 0 Å². The van der Waals surface area contributed by atoms with E-state index < -0.39 is 0 Å². The van der Waals surface area contributed by atoms with Crippen LogP contribution in [0.1, 0.15) is 43.2 Å². The van der Waals surface area contributed by atoms with E-state index in [1.807, 2.05) is 0 Å². The topological polar surface area (TPSA) is 39.3 Å². The van der Waals surface area contributed by atoms with Gasteiger partial charge in [-0.2, -0.15) is 0 Å². The van der Waals surface area contributed by atoms with E-state index in [0.717, 1.165) is 38.1 Å². The number of hydrogen-bond donors (Lipinski definition) is 3. The van der Waals surface area contributed by atoms with Gasteiger partial charge >= 0.3 is 0 Å². The molecule has 2 saturated heterocycles. The first-order valence-corrected chi connectivity index (χ1v) is 10.4. The fourth-order valence-electron chi connectivity index (χ4n) is 4.94. The van der Waals surface area contributed by atoms with Gasteiger partial charge in [-0.05, 0) is 49.3 Å². The molecule has 2 heterocycles. The molecular weight excluding hydrogens is 308 g/mol. The van der Waals surface area contributed by atoms with Gasteiger partial charge in [0.25, 0.3) is 0 Å². The molecule has 4 nitrogen and oxygen atoms in total. The molecule has 0 aromatic heterocycles. The molecule has 0 amide bonds. The van der Waals surface area contributed by atoms with Crippen molar-refractivity contribution in [3.8, 4) is 0 Å². The zero-order chi connectivity index (χ0) is 16.9. The number of nitrogens with one attached hydrogen (secondary N) is 3. The lowest BCUT2D eigenvalue weighted by Gasteiger charge is -2.27. The number of hydrogen-bond acceptors (Lipinski definition) is 4. The summed E-state index contributed by atoms with van der Waals surface area (Å²) in [5, 5.41) is 11.0. The smallest absolute Gasteiger partial charge is 0.0234 e. The molecule has 3 atom stereocenters. The number of nitrogens with zero attached hydrogens (tertiary/aromatic N) is 1. The van der Waals surface area contributed by atoms with E-state index in [-0.39, 0.29) is 0 Å². The van der Waals surface area contributed by atoms with Crippen LogP contribution in [0.3, 0.4) is 0 Å². The van der Waals surface area contributed by atoms with Crippen molar-refractivity contribution < 1.29 is 0 Å². The molecule has 3 aliphatic rings. The fraction of sp³-hybridized carbons (Fsp3) is 0.714. The highest BCUT2D eigenvalue weighted by molar-refractivity contribution is 5.22. The molecule has 4 rings (SSSR count). The van der Waals surface area contributed by atoms with Crippen LogP contribution in [0, 0.1) is 5.92 Å². The summed E-state index contributed by atoms with van der Waals surface area (Å²) in [6, 6.07) is 10.8. The van der Waals surface area contributed by atoms with E-state index in [1.54, 1.807) is 0 Å². The maximum atomic E-state index is 3.87. The van der Waals surface area contributed by atoms with Gasteiger partial charge in [0, 0.05) is 51.4 Å². The zero-order valence-electron chi connectivity index (χ0n) is 15.5. The Balaban J connectivity index is 1.26. The number of rotatable bonds is 6. The van der Waals surface area contributed by atoms with E-state index in [2.05, 4.69) is 45.1 Å². The third kappa shape index (κ3) is 4.62. The Morgan fingerprint density at radius 2 is 1.72 bits per heavy atom. The average Bonchev–Trinajstić information content (AvgIpc) is 3.33. The van der Waals surface area contributed by atoms with E-state index in [4.69, 9.17) is 0 Å². The average molecular weight is 343 g/mol. The molecule has 0 bridgehead atoms. The summed E-state index contributed by atoms with van der Waals surface area (Å²) in [6.07, 6.45) is 6.89. The van der Waals surface area contributed by atoms with Crippen molar-refractivity contribution in [1.29, 1.82) is 0 Å². The molecule has 3 unspecified atom stereocenters. The van der Waals surface area contributed by atoms with Crippen LogP contribution in [0.15, 0.2) is 24.3 Å². The molecule has 138 valence electrons. The van der Waals surface area contributed by atoms with Crippen molar-refractivity contribution in [2.24, 2.45) is 5.92 Å². The van der Waals surface area contributed by atoms with Gasteiger partial charge in [-0.3, -0.25) is 4.90 Å². The van der Waals surface area contributed by atoms with Crippen molar-refractivity contribution in [3.05, 3.63) is 35.4 Å². The van der Waals surface area contributed by atoms with Crippen molar-refractivity contribution in [3.63, 3.8) is 0 Å². The van der Waals surface area contributed by atoms with E-state index in [0.29, 0.717) is 6.04 Å². The molecule has 1 saturated carbocycles. The highest BCUT2D eigenvalue weighted by atomic mass is 15.2. The summed E-state index contributed by atoms with van der Waals surface area (Å²) in [6.45, 7) is 7.92. The quantitative estimate of drug-likeness (QED) is 0.740. The molecule has 3 fully saturated rings. The second kappa shape index (κ2) is 8.63. The van der Waals surface area contributed by atoms with Gasteiger partial charge < -0.3 is 16.0 Å². The van der Waals surface area contributed by atoms with Gasteiger partial charge in [-0.1, -0.05) is 30.7 Å². The Morgan fingerprint density at radius 1 is 0.920 bits per heavy atom. The predicted molar refractivity (Wildman–Crippen MR) is 104 cm³/mol. The lowest BCUT2D eigenvalue weighted by molar-refractivity contribution is 0.233. The van der Waals surface area contributed by atoms with Crippen LogP contribution in [-0.2, 0) is 13.1 Å². The summed E-state index contributed by atoms with van der Waals surface area (Å²) in [5.41, 5.74) is 2.87. The Kier molecular flexibility index (Phi) is 6.03. The Labute approximate surface area is 152 Å². The first-order valence-electron chi connectivity index (χ1n) is 10.4. The van der Waals surface area contributed by atoms with Crippen LogP contribution >= 0.6 is 0 Å². The lowest BCUT2D eigenvalue weighted by Crippen LogP contribution is -2.42. The Bertz CT molecular complexity index is 517. The van der Waals surface area contributed by atoms with Crippen LogP contribution in [0.5, 0.6) is 0 Å². The second-order valence-electron chi connectivity index (χ2n) is 8.13.